The van der Waals surface area contributed by atoms with Crippen LogP contribution in [0, 0.1) is 0 Å². The number of nitrogens with zero attached hydrogens (tertiary/aromatic N) is 1. The average molecular weight is 296 g/mol. The SMILES string of the molecule is NCc1nc(-c2ccc(OCc3ccccc3)cc2)cs1. The minimum atomic E-state index is 0.489. The molecule has 1 aromatic heterocycles. The van der Waals surface area contributed by atoms with E-state index in [9.17, 15) is 0 Å². The van der Waals surface area contributed by atoms with Crippen LogP contribution in [0.4, 0.5) is 0 Å². The molecule has 3 rings (SSSR count). The summed E-state index contributed by atoms with van der Waals surface area (Å²) in [7, 11) is 0. The van der Waals surface area contributed by atoms with Gasteiger partial charge in [0.1, 0.15) is 17.4 Å². The van der Waals surface area contributed by atoms with Crippen molar-refractivity contribution >= 4 is 11.3 Å². The Hall–Kier alpha value is -2.17. The second-order valence-electron chi connectivity index (χ2n) is 4.63. The van der Waals surface area contributed by atoms with Gasteiger partial charge in [0.25, 0.3) is 0 Å². The third kappa shape index (κ3) is 3.48. The molecule has 0 saturated heterocycles. The number of nitrogens with two attached hydrogens (primary N) is 1. The highest BCUT2D eigenvalue weighted by atomic mass is 32.1. The van der Waals surface area contributed by atoms with Gasteiger partial charge in [-0.1, -0.05) is 30.3 Å². The fourth-order valence-electron chi connectivity index (χ4n) is 2.00. The first-order chi connectivity index (χ1) is 10.3. The zero-order chi connectivity index (χ0) is 14.5. The zero-order valence-electron chi connectivity index (χ0n) is 11.5. The molecule has 0 unspecified atom stereocenters. The molecule has 0 radical (unpaired) electrons. The van der Waals surface area contributed by atoms with Crippen molar-refractivity contribution in [3.63, 3.8) is 0 Å². The summed E-state index contributed by atoms with van der Waals surface area (Å²) in [6, 6.07) is 18.1. The monoisotopic (exact) mass is 296 g/mol. The van der Waals surface area contributed by atoms with Crippen LogP contribution in [-0.4, -0.2) is 4.98 Å². The summed E-state index contributed by atoms with van der Waals surface area (Å²) in [6.45, 7) is 1.07. The highest BCUT2D eigenvalue weighted by Crippen LogP contribution is 2.24. The van der Waals surface area contributed by atoms with E-state index in [1.807, 2.05) is 47.8 Å². The zero-order valence-corrected chi connectivity index (χ0v) is 12.3. The molecule has 0 saturated carbocycles. The van der Waals surface area contributed by atoms with Crippen molar-refractivity contribution in [3.8, 4) is 17.0 Å². The molecule has 1 heterocycles. The Bertz CT molecular complexity index is 692. The van der Waals surface area contributed by atoms with E-state index >= 15 is 0 Å². The van der Waals surface area contributed by atoms with Crippen LogP contribution in [-0.2, 0) is 13.2 Å². The van der Waals surface area contributed by atoms with Gasteiger partial charge in [-0.3, -0.25) is 0 Å². The van der Waals surface area contributed by atoms with E-state index in [0.29, 0.717) is 13.2 Å². The van der Waals surface area contributed by atoms with Crippen LogP contribution < -0.4 is 10.5 Å². The van der Waals surface area contributed by atoms with Gasteiger partial charge in [0, 0.05) is 17.5 Å². The first-order valence-electron chi connectivity index (χ1n) is 6.77. The molecular formula is C17H16N2OS. The topological polar surface area (TPSA) is 48.1 Å². The van der Waals surface area contributed by atoms with E-state index < -0.39 is 0 Å². The molecule has 3 nitrogen and oxygen atoms in total. The lowest BCUT2D eigenvalue weighted by atomic mass is 10.2. The Morgan fingerprint density at radius 1 is 1.00 bits per heavy atom. The Morgan fingerprint density at radius 3 is 2.43 bits per heavy atom. The maximum atomic E-state index is 5.77. The van der Waals surface area contributed by atoms with Gasteiger partial charge in [-0.25, -0.2) is 4.98 Å². The molecule has 0 spiro atoms. The lowest BCUT2D eigenvalue weighted by Crippen LogP contribution is -1.95. The highest BCUT2D eigenvalue weighted by Gasteiger charge is 2.04. The summed E-state index contributed by atoms with van der Waals surface area (Å²) in [5, 5.41) is 2.98. The van der Waals surface area contributed by atoms with Crippen molar-refractivity contribution in [2.45, 2.75) is 13.2 Å². The van der Waals surface area contributed by atoms with E-state index in [1.165, 1.54) is 0 Å². The second kappa shape index (κ2) is 6.52. The van der Waals surface area contributed by atoms with Crippen molar-refractivity contribution in [2.24, 2.45) is 5.73 Å². The second-order valence-corrected chi connectivity index (χ2v) is 5.57. The summed E-state index contributed by atoms with van der Waals surface area (Å²) >= 11 is 1.59. The van der Waals surface area contributed by atoms with E-state index in [-0.39, 0.29) is 0 Å². The molecule has 0 amide bonds. The third-order valence-electron chi connectivity index (χ3n) is 3.12. The number of benzene rings is 2. The lowest BCUT2D eigenvalue weighted by Gasteiger charge is -2.06. The molecular weight excluding hydrogens is 280 g/mol. The maximum absolute atomic E-state index is 5.77. The molecule has 0 aliphatic rings. The van der Waals surface area contributed by atoms with Gasteiger partial charge in [-0.15, -0.1) is 11.3 Å². The Balaban J connectivity index is 1.66. The molecule has 4 heteroatoms. The van der Waals surface area contributed by atoms with E-state index in [0.717, 1.165) is 27.6 Å². The standard InChI is InChI=1S/C17H16N2OS/c18-10-17-19-16(12-21-17)14-6-8-15(9-7-14)20-11-13-4-2-1-3-5-13/h1-9,12H,10-11,18H2. The normalized spacial score (nSPS) is 10.5. The number of aromatic nitrogens is 1. The third-order valence-corrected chi connectivity index (χ3v) is 4.00. The minimum Gasteiger partial charge on any atom is -0.489 e. The van der Waals surface area contributed by atoms with Gasteiger partial charge in [0.15, 0.2) is 0 Å². The maximum Gasteiger partial charge on any atom is 0.119 e. The lowest BCUT2D eigenvalue weighted by molar-refractivity contribution is 0.306. The van der Waals surface area contributed by atoms with Gasteiger partial charge in [0.05, 0.1) is 5.69 Å². The predicted molar refractivity (Wildman–Crippen MR) is 86.2 cm³/mol. The molecule has 3 aromatic rings. The van der Waals surface area contributed by atoms with Crippen LogP contribution in [0.1, 0.15) is 10.6 Å². The molecule has 0 aliphatic heterocycles. The van der Waals surface area contributed by atoms with Crippen LogP contribution in [0.3, 0.4) is 0 Å². The molecule has 0 aliphatic carbocycles. The first kappa shape index (κ1) is 13.8. The van der Waals surface area contributed by atoms with Crippen molar-refractivity contribution in [1.82, 2.24) is 4.98 Å². The van der Waals surface area contributed by atoms with E-state index in [1.54, 1.807) is 11.3 Å². The van der Waals surface area contributed by atoms with Gasteiger partial charge in [0.2, 0.25) is 0 Å². The van der Waals surface area contributed by atoms with E-state index in [4.69, 9.17) is 10.5 Å². The van der Waals surface area contributed by atoms with Crippen molar-refractivity contribution in [2.75, 3.05) is 0 Å². The number of hydrogen-bond acceptors (Lipinski definition) is 4. The summed E-state index contributed by atoms with van der Waals surface area (Å²) in [5.41, 5.74) is 8.80. The molecule has 2 aromatic carbocycles. The number of hydrogen-bond donors (Lipinski definition) is 1. The van der Waals surface area contributed by atoms with Gasteiger partial charge in [-0.2, -0.15) is 0 Å². The van der Waals surface area contributed by atoms with Crippen LogP contribution in [0.2, 0.25) is 0 Å². The fraction of sp³-hybridized carbons (Fsp3) is 0.118. The molecule has 0 fully saturated rings. The van der Waals surface area contributed by atoms with Crippen LogP contribution >= 0.6 is 11.3 Å². The average Bonchev–Trinajstić information content (AvgIpc) is 3.03. The summed E-state index contributed by atoms with van der Waals surface area (Å²) in [5.74, 6) is 0.858. The van der Waals surface area contributed by atoms with Crippen molar-refractivity contribution in [1.29, 1.82) is 0 Å². The molecule has 21 heavy (non-hydrogen) atoms. The summed E-state index contributed by atoms with van der Waals surface area (Å²) in [6.07, 6.45) is 0. The van der Waals surface area contributed by atoms with Crippen LogP contribution in [0.25, 0.3) is 11.3 Å². The predicted octanol–water partition coefficient (Wildman–Crippen LogP) is 3.85. The summed E-state index contributed by atoms with van der Waals surface area (Å²) < 4.78 is 5.77. The smallest absolute Gasteiger partial charge is 0.119 e. The highest BCUT2D eigenvalue weighted by molar-refractivity contribution is 7.09. The quantitative estimate of drug-likeness (QED) is 0.778. The molecule has 0 atom stereocenters. The molecule has 106 valence electrons. The van der Waals surface area contributed by atoms with Crippen molar-refractivity contribution < 1.29 is 4.74 Å². The van der Waals surface area contributed by atoms with Crippen LogP contribution in [0.15, 0.2) is 60.0 Å². The fourth-order valence-corrected chi connectivity index (χ4v) is 2.68. The number of thiazole rings is 1. The summed E-state index contributed by atoms with van der Waals surface area (Å²) in [4.78, 5) is 4.47. The van der Waals surface area contributed by atoms with Gasteiger partial charge in [-0.05, 0) is 29.8 Å². The Morgan fingerprint density at radius 2 is 1.76 bits per heavy atom. The Kier molecular flexibility index (Phi) is 4.28. The van der Waals surface area contributed by atoms with E-state index in [2.05, 4.69) is 17.1 Å². The Labute approximate surface area is 128 Å². The van der Waals surface area contributed by atoms with Crippen molar-refractivity contribution in [3.05, 3.63) is 70.5 Å². The number of rotatable bonds is 5. The van der Waals surface area contributed by atoms with Crippen LogP contribution in [0.5, 0.6) is 5.75 Å². The largest absolute Gasteiger partial charge is 0.489 e. The van der Waals surface area contributed by atoms with Gasteiger partial charge >= 0.3 is 0 Å². The van der Waals surface area contributed by atoms with Gasteiger partial charge < -0.3 is 10.5 Å². The molecule has 0 bridgehead atoms. The first-order valence-corrected chi connectivity index (χ1v) is 7.65. The minimum absolute atomic E-state index is 0.489. The number of ether oxygens (including phenoxy) is 1. The molecule has 2 N–H and O–H groups in total.